The third-order valence-electron chi connectivity index (χ3n) is 8.65. The Balaban J connectivity index is 1.11. The molecule has 1 aliphatic heterocycles. The molecule has 0 unspecified atom stereocenters. The van der Waals surface area contributed by atoms with Crippen LogP contribution in [0.4, 0.5) is 0 Å². The molecule has 1 fully saturated rings. The van der Waals surface area contributed by atoms with Crippen LogP contribution < -0.4 is 10.6 Å². The summed E-state index contributed by atoms with van der Waals surface area (Å²) in [6.07, 6.45) is 2.93. The summed E-state index contributed by atoms with van der Waals surface area (Å²) in [7, 11) is 0. The van der Waals surface area contributed by atoms with E-state index in [0.29, 0.717) is 25.9 Å². The van der Waals surface area contributed by atoms with Crippen LogP contribution in [0.2, 0.25) is 0 Å². The SMILES string of the molecule is CC(=O)NCCCCCC(=O)NCc1cccc(-c2cccc([C@H]3O[C@@H](CSc4nc5ccccc5s4)C[C@@H](c4ccc(CO)cc4)O3)c2)c1. The number of hydrogen-bond donors (Lipinski definition) is 3. The monoisotopic (exact) mass is 709 g/mol. The molecule has 10 heteroatoms. The fraction of sp³-hybridized carbons (Fsp3) is 0.325. The second kappa shape index (κ2) is 17.7. The molecule has 0 saturated carbocycles. The van der Waals surface area contributed by atoms with Crippen LogP contribution >= 0.6 is 23.1 Å². The molecule has 2 amide bonds. The number of nitrogens with zero attached hydrogens (tertiary/aromatic N) is 1. The number of nitrogens with one attached hydrogen (secondary N) is 2. The highest BCUT2D eigenvalue weighted by Gasteiger charge is 2.32. The summed E-state index contributed by atoms with van der Waals surface area (Å²) in [5.41, 5.74) is 6.99. The maximum atomic E-state index is 12.5. The van der Waals surface area contributed by atoms with Gasteiger partial charge in [0.25, 0.3) is 0 Å². The van der Waals surface area contributed by atoms with Crippen LogP contribution in [0.25, 0.3) is 21.3 Å². The zero-order valence-electron chi connectivity index (χ0n) is 28.2. The molecular formula is C40H43N3O5S2. The number of aliphatic hydroxyl groups is 1. The van der Waals surface area contributed by atoms with E-state index in [1.54, 1.807) is 23.1 Å². The Kier molecular flexibility index (Phi) is 12.7. The first kappa shape index (κ1) is 35.8. The van der Waals surface area contributed by atoms with Gasteiger partial charge in [-0.2, -0.15) is 0 Å². The zero-order chi connectivity index (χ0) is 34.7. The number of amides is 2. The second-order valence-corrected chi connectivity index (χ2v) is 14.8. The fourth-order valence-electron chi connectivity index (χ4n) is 5.97. The van der Waals surface area contributed by atoms with Crippen molar-refractivity contribution in [3.05, 3.63) is 119 Å². The molecule has 4 aromatic carbocycles. The van der Waals surface area contributed by atoms with Crippen molar-refractivity contribution >= 4 is 45.1 Å². The van der Waals surface area contributed by atoms with Crippen LogP contribution in [0.15, 0.2) is 101 Å². The molecule has 1 aromatic heterocycles. The van der Waals surface area contributed by atoms with E-state index in [2.05, 4.69) is 41.0 Å². The van der Waals surface area contributed by atoms with Gasteiger partial charge in [0.2, 0.25) is 11.8 Å². The Morgan fingerprint density at radius 1 is 0.860 bits per heavy atom. The van der Waals surface area contributed by atoms with E-state index < -0.39 is 6.29 Å². The molecular weight excluding hydrogens is 667 g/mol. The van der Waals surface area contributed by atoms with Gasteiger partial charge < -0.3 is 25.2 Å². The van der Waals surface area contributed by atoms with Gasteiger partial charge in [-0.1, -0.05) is 91.0 Å². The Morgan fingerprint density at radius 2 is 1.66 bits per heavy atom. The average Bonchev–Trinajstić information content (AvgIpc) is 3.58. The molecule has 0 radical (unpaired) electrons. The summed E-state index contributed by atoms with van der Waals surface area (Å²) in [5.74, 6) is 0.748. The van der Waals surface area contributed by atoms with Crippen LogP contribution in [0.1, 0.15) is 73.7 Å². The second-order valence-electron chi connectivity index (χ2n) is 12.5. The van der Waals surface area contributed by atoms with Gasteiger partial charge in [-0.3, -0.25) is 9.59 Å². The first-order chi connectivity index (χ1) is 24.4. The van der Waals surface area contributed by atoms with E-state index in [-0.39, 0.29) is 30.6 Å². The summed E-state index contributed by atoms with van der Waals surface area (Å²) >= 11 is 3.42. The number of thioether (sulfide) groups is 1. The van der Waals surface area contributed by atoms with Gasteiger partial charge in [-0.15, -0.1) is 11.3 Å². The standard InChI is InChI=1S/C40H43N3O5S2/c1-27(45)41-20-6-2-3-15-38(46)42-24-29-9-7-10-31(21-29)32-11-8-12-33(22-32)39-47-34(23-36(48-39)30-18-16-28(25-44)17-19-30)26-49-40-43-35-13-4-5-14-37(35)50-40/h4-5,7-14,16-19,21-22,34,36,39,44H,2-3,6,15,20,23-26H2,1H3,(H,41,45)(H,42,46)/t34-,36+,39+/m1/s1. The predicted octanol–water partition coefficient (Wildman–Crippen LogP) is 8.11. The van der Waals surface area contributed by atoms with Gasteiger partial charge in [-0.05, 0) is 64.9 Å². The van der Waals surface area contributed by atoms with Crippen molar-refractivity contribution in [2.75, 3.05) is 12.3 Å². The van der Waals surface area contributed by atoms with Crippen molar-refractivity contribution in [3.8, 4) is 11.1 Å². The summed E-state index contributed by atoms with van der Waals surface area (Å²) in [4.78, 5) is 28.3. The summed E-state index contributed by atoms with van der Waals surface area (Å²) in [5, 5.41) is 15.4. The van der Waals surface area contributed by atoms with Crippen LogP contribution in [0.3, 0.4) is 0 Å². The number of carbonyl (C=O) groups excluding carboxylic acids is 2. The number of rotatable bonds is 15. The first-order valence-electron chi connectivity index (χ1n) is 17.1. The van der Waals surface area contributed by atoms with Gasteiger partial charge in [0, 0.05) is 44.2 Å². The Bertz CT molecular complexity index is 1850. The molecule has 0 spiro atoms. The summed E-state index contributed by atoms with van der Waals surface area (Å²) in [6.45, 7) is 2.62. The summed E-state index contributed by atoms with van der Waals surface area (Å²) in [6, 6.07) is 32.7. The Hall–Kier alpha value is -4.06. The van der Waals surface area contributed by atoms with Crippen molar-refractivity contribution in [3.63, 3.8) is 0 Å². The lowest BCUT2D eigenvalue weighted by atomic mass is 9.99. The highest BCUT2D eigenvalue weighted by Crippen LogP contribution is 2.41. The maximum Gasteiger partial charge on any atom is 0.220 e. The minimum atomic E-state index is -0.562. The van der Waals surface area contributed by atoms with E-state index in [9.17, 15) is 14.7 Å². The molecule has 5 aromatic rings. The Morgan fingerprint density at radius 3 is 2.46 bits per heavy atom. The highest BCUT2D eigenvalue weighted by molar-refractivity contribution is 8.01. The number of aromatic nitrogens is 1. The zero-order valence-corrected chi connectivity index (χ0v) is 29.8. The van der Waals surface area contributed by atoms with Gasteiger partial charge in [0.05, 0.1) is 29.0 Å². The minimum Gasteiger partial charge on any atom is -0.392 e. The topological polar surface area (TPSA) is 110 Å². The molecule has 2 heterocycles. The van der Waals surface area contributed by atoms with Gasteiger partial charge in [0.15, 0.2) is 10.6 Å². The van der Waals surface area contributed by atoms with Crippen molar-refractivity contribution < 1.29 is 24.2 Å². The van der Waals surface area contributed by atoms with Gasteiger partial charge in [-0.25, -0.2) is 4.98 Å². The van der Waals surface area contributed by atoms with Crippen molar-refractivity contribution in [2.24, 2.45) is 0 Å². The van der Waals surface area contributed by atoms with Gasteiger partial charge >= 0.3 is 0 Å². The number of para-hydroxylation sites is 1. The number of thiazole rings is 1. The Labute approximate surface area is 301 Å². The molecule has 8 nitrogen and oxygen atoms in total. The van der Waals surface area contributed by atoms with Crippen LogP contribution in [-0.4, -0.2) is 40.3 Å². The molecule has 3 atom stereocenters. The van der Waals surface area contributed by atoms with Crippen molar-refractivity contribution in [2.45, 2.75) is 75.0 Å². The number of carbonyl (C=O) groups is 2. The van der Waals surface area contributed by atoms with E-state index in [1.165, 1.54) is 11.6 Å². The van der Waals surface area contributed by atoms with Gasteiger partial charge in [0.1, 0.15) is 0 Å². The van der Waals surface area contributed by atoms with E-state index in [0.717, 1.165) is 68.3 Å². The molecule has 0 bridgehead atoms. The maximum absolute atomic E-state index is 12.5. The van der Waals surface area contributed by atoms with Crippen LogP contribution in [0, 0.1) is 0 Å². The number of ether oxygens (including phenoxy) is 2. The number of benzene rings is 4. The molecule has 1 aliphatic rings. The normalized spacial score (nSPS) is 17.4. The minimum absolute atomic E-state index is 0.00145. The molecule has 1 saturated heterocycles. The lowest BCUT2D eigenvalue weighted by molar-refractivity contribution is -0.245. The highest BCUT2D eigenvalue weighted by atomic mass is 32.2. The molecule has 6 rings (SSSR count). The number of fused-ring (bicyclic) bond motifs is 1. The van der Waals surface area contributed by atoms with Crippen LogP contribution in [0.5, 0.6) is 0 Å². The average molecular weight is 710 g/mol. The van der Waals surface area contributed by atoms with E-state index >= 15 is 0 Å². The third-order valence-corrected chi connectivity index (χ3v) is 11.0. The quantitative estimate of drug-likeness (QED) is 0.0745. The smallest absolute Gasteiger partial charge is 0.220 e. The number of hydrogen-bond acceptors (Lipinski definition) is 8. The lowest BCUT2D eigenvalue weighted by Gasteiger charge is -2.36. The molecule has 0 aliphatic carbocycles. The third kappa shape index (κ3) is 10.0. The molecule has 50 heavy (non-hydrogen) atoms. The lowest BCUT2D eigenvalue weighted by Crippen LogP contribution is -2.31. The van der Waals surface area contributed by atoms with Crippen molar-refractivity contribution in [1.82, 2.24) is 15.6 Å². The summed E-state index contributed by atoms with van der Waals surface area (Å²) < 4.78 is 15.5. The van der Waals surface area contributed by atoms with Crippen molar-refractivity contribution in [1.29, 1.82) is 0 Å². The number of aliphatic hydroxyl groups excluding tert-OH is 1. The molecule has 3 N–H and O–H groups in total. The first-order valence-corrected chi connectivity index (χ1v) is 18.9. The predicted molar refractivity (Wildman–Crippen MR) is 200 cm³/mol. The van der Waals surface area contributed by atoms with E-state index in [1.807, 2.05) is 66.7 Å². The van der Waals surface area contributed by atoms with E-state index in [4.69, 9.17) is 14.5 Å². The number of unbranched alkanes of at least 4 members (excludes halogenated alkanes) is 2. The van der Waals surface area contributed by atoms with Crippen LogP contribution in [-0.2, 0) is 32.2 Å². The fourth-order valence-corrected chi connectivity index (χ4v) is 8.08. The molecule has 260 valence electrons. The largest absolute Gasteiger partial charge is 0.392 e.